The first kappa shape index (κ1) is 14.8. The van der Waals surface area contributed by atoms with E-state index in [9.17, 15) is 22.9 Å². The van der Waals surface area contributed by atoms with Crippen LogP contribution < -0.4 is 4.72 Å². The predicted octanol–water partition coefficient (Wildman–Crippen LogP) is 1.63. The zero-order chi connectivity index (χ0) is 15.6. The van der Waals surface area contributed by atoms with Crippen molar-refractivity contribution in [1.29, 1.82) is 0 Å². The van der Waals surface area contributed by atoms with E-state index >= 15 is 0 Å². The molecule has 0 atom stereocenters. The van der Waals surface area contributed by atoms with E-state index in [1.165, 1.54) is 25.3 Å². The molecule has 0 bridgehead atoms. The Morgan fingerprint density at radius 3 is 2.67 bits per heavy atom. The molecule has 0 spiro atoms. The normalized spacial score (nSPS) is 11.1. The maximum absolute atomic E-state index is 13.4. The summed E-state index contributed by atoms with van der Waals surface area (Å²) >= 11 is 0. The summed E-state index contributed by atoms with van der Waals surface area (Å²) in [4.78, 5) is 9.31. The van der Waals surface area contributed by atoms with Gasteiger partial charge < -0.3 is 0 Å². The number of hydrogen-bond acceptors (Lipinski definition) is 6. The van der Waals surface area contributed by atoms with Crippen LogP contribution in [0.3, 0.4) is 0 Å². The highest BCUT2D eigenvalue weighted by atomic mass is 32.2. The van der Waals surface area contributed by atoms with Gasteiger partial charge in [0.1, 0.15) is 0 Å². The Morgan fingerprint density at radius 2 is 2.10 bits per heavy atom. The van der Waals surface area contributed by atoms with Gasteiger partial charge >= 0.3 is 5.69 Å². The number of nitro benzene ring substituents is 1. The minimum atomic E-state index is -4.14. The summed E-state index contributed by atoms with van der Waals surface area (Å²) in [7, 11) is -4.14. The van der Waals surface area contributed by atoms with E-state index < -0.39 is 31.3 Å². The lowest BCUT2D eigenvalue weighted by Gasteiger charge is -2.09. The number of halogens is 1. The molecule has 0 saturated heterocycles. The average Bonchev–Trinajstić information content (AvgIpc) is 2.38. The van der Waals surface area contributed by atoms with Crippen LogP contribution in [0.25, 0.3) is 0 Å². The smallest absolute Gasteiger partial charge is 0.262 e. The van der Waals surface area contributed by atoms with Crippen LogP contribution in [0.1, 0.15) is 5.56 Å². The maximum atomic E-state index is 13.4. The molecular formula is C11H9FN4O4S. The van der Waals surface area contributed by atoms with E-state index in [2.05, 4.69) is 14.9 Å². The monoisotopic (exact) mass is 312 g/mol. The third kappa shape index (κ3) is 3.11. The number of nitrogens with zero attached hydrogens (tertiary/aromatic N) is 3. The number of benzene rings is 1. The summed E-state index contributed by atoms with van der Waals surface area (Å²) in [5.41, 5.74) is -0.880. The van der Waals surface area contributed by atoms with E-state index in [1.54, 1.807) is 0 Å². The predicted molar refractivity (Wildman–Crippen MR) is 70.6 cm³/mol. The van der Waals surface area contributed by atoms with Crippen LogP contribution in [0, 0.1) is 22.9 Å². The summed E-state index contributed by atoms with van der Waals surface area (Å²) in [5, 5.41) is 17.7. The van der Waals surface area contributed by atoms with Crippen molar-refractivity contribution in [3.63, 3.8) is 0 Å². The van der Waals surface area contributed by atoms with Crippen LogP contribution in [0.15, 0.2) is 35.4 Å². The number of nitro groups is 1. The molecule has 10 heteroatoms. The highest BCUT2D eigenvalue weighted by Crippen LogP contribution is 2.26. The van der Waals surface area contributed by atoms with Crippen LogP contribution in [0.4, 0.5) is 15.9 Å². The highest BCUT2D eigenvalue weighted by molar-refractivity contribution is 7.92. The molecule has 8 nitrogen and oxygen atoms in total. The zero-order valence-corrected chi connectivity index (χ0v) is 11.5. The molecule has 0 fully saturated rings. The van der Waals surface area contributed by atoms with Crippen LogP contribution in [0.2, 0.25) is 0 Å². The number of nitrogens with one attached hydrogen (secondary N) is 1. The van der Waals surface area contributed by atoms with E-state index in [4.69, 9.17) is 0 Å². The Bertz CT molecular complexity index is 795. The second kappa shape index (κ2) is 5.40. The molecule has 0 unspecified atom stereocenters. The van der Waals surface area contributed by atoms with Gasteiger partial charge in [0.2, 0.25) is 5.82 Å². The van der Waals surface area contributed by atoms with E-state index in [0.717, 1.165) is 6.07 Å². The molecule has 1 aromatic carbocycles. The van der Waals surface area contributed by atoms with Crippen molar-refractivity contribution < 1.29 is 17.7 Å². The molecule has 21 heavy (non-hydrogen) atoms. The van der Waals surface area contributed by atoms with Gasteiger partial charge in [0.15, 0.2) is 5.82 Å². The Hall–Kier alpha value is -2.62. The zero-order valence-electron chi connectivity index (χ0n) is 10.6. The molecule has 1 N–H and O–H groups in total. The lowest BCUT2D eigenvalue weighted by Crippen LogP contribution is -2.16. The number of hydrogen-bond donors (Lipinski definition) is 1. The third-order valence-electron chi connectivity index (χ3n) is 2.54. The van der Waals surface area contributed by atoms with Gasteiger partial charge in [-0.15, -0.1) is 5.10 Å². The van der Waals surface area contributed by atoms with Crippen molar-refractivity contribution >= 4 is 21.5 Å². The largest absolute Gasteiger partial charge is 0.306 e. The van der Waals surface area contributed by atoms with Crippen LogP contribution in [-0.4, -0.2) is 23.5 Å². The van der Waals surface area contributed by atoms with Gasteiger partial charge in [-0.05, 0) is 30.7 Å². The molecule has 1 aromatic heterocycles. The van der Waals surface area contributed by atoms with E-state index in [-0.39, 0.29) is 11.4 Å². The molecule has 2 aromatic rings. The van der Waals surface area contributed by atoms with Gasteiger partial charge in [0.05, 0.1) is 9.82 Å². The van der Waals surface area contributed by atoms with Crippen molar-refractivity contribution in [3.05, 3.63) is 52.0 Å². The third-order valence-corrected chi connectivity index (χ3v) is 4.04. The Kier molecular flexibility index (Phi) is 3.80. The van der Waals surface area contributed by atoms with E-state index in [1.807, 2.05) is 0 Å². The quantitative estimate of drug-likeness (QED) is 0.677. The fourth-order valence-electron chi connectivity index (χ4n) is 1.62. The minimum Gasteiger partial charge on any atom is -0.262 e. The van der Waals surface area contributed by atoms with Gasteiger partial charge in [-0.3, -0.25) is 14.8 Å². The molecule has 0 aliphatic carbocycles. The van der Waals surface area contributed by atoms with Crippen LogP contribution >= 0.6 is 0 Å². The standard InChI is InChI=1S/C11H9FN4O4S/c1-7-5-8(12)9(16(17)18)6-10(7)21(19,20)15-11-3-2-4-13-14-11/h2-6H,1H3,(H,14,15). The molecule has 0 radical (unpaired) electrons. The van der Waals surface area contributed by atoms with Gasteiger partial charge in [0.25, 0.3) is 10.0 Å². The van der Waals surface area contributed by atoms with Gasteiger partial charge in [-0.1, -0.05) is 0 Å². The Balaban J connectivity index is 2.50. The fourth-order valence-corrected chi connectivity index (χ4v) is 2.86. The average molecular weight is 312 g/mol. The first-order valence-corrected chi connectivity index (χ1v) is 7.04. The number of rotatable bonds is 4. The van der Waals surface area contributed by atoms with Crippen LogP contribution in [0.5, 0.6) is 0 Å². The first-order chi connectivity index (χ1) is 9.81. The molecule has 1 heterocycles. The second-order valence-electron chi connectivity index (χ2n) is 4.04. The molecule has 2 rings (SSSR count). The minimum absolute atomic E-state index is 0.0366. The first-order valence-electron chi connectivity index (χ1n) is 5.56. The number of aryl methyl sites for hydroxylation is 1. The molecular weight excluding hydrogens is 303 g/mol. The van der Waals surface area contributed by atoms with Crippen molar-refractivity contribution in [1.82, 2.24) is 10.2 Å². The number of anilines is 1. The SMILES string of the molecule is Cc1cc(F)c([N+](=O)[O-])cc1S(=O)(=O)Nc1cccnn1. The molecule has 110 valence electrons. The number of aromatic nitrogens is 2. The molecule has 0 aliphatic rings. The molecule has 0 aliphatic heterocycles. The maximum Gasteiger partial charge on any atom is 0.306 e. The van der Waals surface area contributed by atoms with Crippen molar-refractivity contribution in [2.75, 3.05) is 4.72 Å². The summed E-state index contributed by atoms with van der Waals surface area (Å²) in [5.74, 6) is -1.15. The second-order valence-corrected chi connectivity index (χ2v) is 5.69. The van der Waals surface area contributed by atoms with Crippen LogP contribution in [-0.2, 0) is 10.0 Å². The lowest BCUT2D eigenvalue weighted by molar-refractivity contribution is -0.387. The number of sulfonamides is 1. The summed E-state index contributed by atoms with van der Waals surface area (Å²) in [6, 6.07) is 4.29. The van der Waals surface area contributed by atoms with Gasteiger partial charge in [0, 0.05) is 12.3 Å². The fraction of sp³-hybridized carbons (Fsp3) is 0.0909. The summed E-state index contributed by atoms with van der Waals surface area (Å²) < 4.78 is 39.9. The molecule has 0 amide bonds. The lowest BCUT2D eigenvalue weighted by atomic mass is 10.2. The van der Waals surface area contributed by atoms with Crippen molar-refractivity contribution in [2.24, 2.45) is 0 Å². The Morgan fingerprint density at radius 1 is 1.38 bits per heavy atom. The summed E-state index contributed by atoms with van der Waals surface area (Å²) in [6.45, 7) is 1.33. The molecule has 0 saturated carbocycles. The topological polar surface area (TPSA) is 115 Å². The van der Waals surface area contributed by atoms with Crippen molar-refractivity contribution in [2.45, 2.75) is 11.8 Å². The van der Waals surface area contributed by atoms with Crippen molar-refractivity contribution in [3.8, 4) is 0 Å². The van der Waals surface area contributed by atoms with E-state index in [0.29, 0.717) is 6.07 Å². The highest BCUT2D eigenvalue weighted by Gasteiger charge is 2.24. The summed E-state index contributed by atoms with van der Waals surface area (Å²) in [6.07, 6.45) is 1.35. The van der Waals surface area contributed by atoms with Gasteiger partial charge in [-0.2, -0.15) is 9.49 Å². The Labute approximate surface area is 118 Å². The van der Waals surface area contributed by atoms with Gasteiger partial charge in [-0.25, -0.2) is 8.42 Å².